The van der Waals surface area contributed by atoms with Gasteiger partial charge in [-0.1, -0.05) is 0 Å². The predicted octanol–water partition coefficient (Wildman–Crippen LogP) is 2.29. The Bertz CT molecular complexity index is 580. The Morgan fingerprint density at radius 2 is 2.28 bits per heavy atom. The number of amides is 1. The molecule has 5 nitrogen and oxygen atoms in total. The Labute approximate surface area is 109 Å². The number of nitrogen functional groups attached to an aromatic ring is 1. The molecule has 0 aliphatic heterocycles. The first-order valence-electron chi connectivity index (χ1n) is 5.27. The van der Waals surface area contributed by atoms with Crippen LogP contribution in [0.1, 0.15) is 16.1 Å². The maximum Gasteiger partial charge on any atom is 0.259 e. The molecule has 6 heteroatoms. The van der Waals surface area contributed by atoms with Crippen LogP contribution in [-0.2, 0) is 0 Å². The minimum Gasteiger partial charge on any atom is -0.497 e. The molecule has 0 spiro atoms. The van der Waals surface area contributed by atoms with E-state index in [1.165, 1.54) is 18.4 Å². The number of methoxy groups -OCH3 is 1. The molecular formula is C12H13N3O2S. The number of carbonyl (C=O) groups is 1. The number of aromatic nitrogens is 1. The van der Waals surface area contributed by atoms with Crippen LogP contribution in [0.25, 0.3) is 0 Å². The largest absolute Gasteiger partial charge is 0.497 e. The molecule has 1 amide bonds. The highest BCUT2D eigenvalue weighted by molar-refractivity contribution is 7.13. The number of carbonyl (C=O) groups excluding carboxylic acids is 1. The van der Waals surface area contributed by atoms with Crippen molar-refractivity contribution in [2.45, 2.75) is 6.92 Å². The quantitative estimate of drug-likeness (QED) is 0.833. The van der Waals surface area contributed by atoms with E-state index in [4.69, 9.17) is 10.5 Å². The Balaban J connectivity index is 2.23. The van der Waals surface area contributed by atoms with Crippen molar-refractivity contribution in [2.24, 2.45) is 0 Å². The second-order valence-corrected chi connectivity index (χ2v) is 4.56. The summed E-state index contributed by atoms with van der Waals surface area (Å²) >= 11 is 1.37. The smallest absolute Gasteiger partial charge is 0.259 e. The lowest BCUT2D eigenvalue weighted by Gasteiger charge is -2.07. The number of nitrogens with zero attached hydrogens (tertiary/aromatic N) is 1. The van der Waals surface area contributed by atoms with Crippen molar-refractivity contribution in [3.05, 3.63) is 34.8 Å². The average molecular weight is 263 g/mol. The van der Waals surface area contributed by atoms with E-state index >= 15 is 0 Å². The number of rotatable bonds is 3. The van der Waals surface area contributed by atoms with E-state index in [1.807, 2.05) is 12.3 Å². The lowest BCUT2D eigenvalue weighted by atomic mass is 10.1. The summed E-state index contributed by atoms with van der Waals surface area (Å²) in [4.78, 5) is 16.2. The second kappa shape index (κ2) is 5.05. The van der Waals surface area contributed by atoms with Gasteiger partial charge in [0.25, 0.3) is 5.91 Å². The van der Waals surface area contributed by atoms with Crippen LogP contribution in [0.5, 0.6) is 5.75 Å². The molecule has 0 atom stereocenters. The highest BCUT2D eigenvalue weighted by Gasteiger charge is 2.12. The lowest BCUT2D eigenvalue weighted by molar-refractivity contribution is 0.102. The van der Waals surface area contributed by atoms with E-state index in [2.05, 4.69) is 10.3 Å². The summed E-state index contributed by atoms with van der Waals surface area (Å²) < 4.78 is 5.07. The summed E-state index contributed by atoms with van der Waals surface area (Å²) in [7, 11) is 1.54. The van der Waals surface area contributed by atoms with Gasteiger partial charge < -0.3 is 10.5 Å². The molecule has 3 N–H and O–H groups in total. The molecule has 1 heterocycles. The lowest BCUT2D eigenvalue weighted by Crippen LogP contribution is -2.14. The van der Waals surface area contributed by atoms with Gasteiger partial charge in [-0.25, -0.2) is 4.98 Å². The maximum absolute atomic E-state index is 12.0. The predicted molar refractivity (Wildman–Crippen MR) is 72.2 cm³/mol. The highest BCUT2D eigenvalue weighted by Crippen LogP contribution is 2.22. The summed E-state index contributed by atoms with van der Waals surface area (Å²) in [5, 5.41) is 5.13. The number of nitrogens with two attached hydrogens (primary N) is 1. The molecule has 0 unspecified atom stereocenters. The molecule has 0 fully saturated rings. The van der Waals surface area contributed by atoms with Crippen molar-refractivity contribution < 1.29 is 9.53 Å². The molecule has 0 aliphatic carbocycles. The first-order chi connectivity index (χ1) is 8.60. The van der Waals surface area contributed by atoms with Crippen LogP contribution in [0.2, 0.25) is 0 Å². The Kier molecular flexibility index (Phi) is 3.47. The van der Waals surface area contributed by atoms with Crippen molar-refractivity contribution in [1.82, 2.24) is 4.98 Å². The monoisotopic (exact) mass is 263 g/mol. The molecule has 2 rings (SSSR count). The SMILES string of the molecule is COc1ccc(N)c(C(=O)Nc2nc(C)cs2)c1. The molecule has 1 aromatic carbocycles. The van der Waals surface area contributed by atoms with E-state index in [-0.39, 0.29) is 5.91 Å². The van der Waals surface area contributed by atoms with Crippen LogP contribution in [0.15, 0.2) is 23.6 Å². The first kappa shape index (κ1) is 12.4. The molecule has 0 radical (unpaired) electrons. The minimum atomic E-state index is -0.291. The third-order valence-electron chi connectivity index (χ3n) is 2.34. The fourth-order valence-electron chi connectivity index (χ4n) is 1.43. The molecule has 0 aliphatic rings. The maximum atomic E-state index is 12.0. The van der Waals surface area contributed by atoms with Crippen molar-refractivity contribution in [3.63, 3.8) is 0 Å². The van der Waals surface area contributed by atoms with Crippen molar-refractivity contribution in [2.75, 3.05) is 18.2 Å². The van der Waals surface area contributed by atoms with Crippen LogP contribution in [0, 0.1) is 6.92 Å². The minimum absolute atomic E-state index is 0.291. The Hall–Kier alpha value is -2.08. The standard InChI is InChI=1S/C12H13N3O2S/c1-7-6-18-12(14-7)15-11(16)9-5-8(17-2)3-4-10(9)13/h3-6H,13H2,1-2H3,(H,14,15,16). The number of hydrogen-bond acceptors (Lipinski definition) is 5. The fourth-order valence-corrected chi connectivity index (χ4v) is 2.12. The van der Waals surface area contributed by atoms with Gasteiger partial charge in [-0.15, -0.1) is 11.3 Å². The Morgan fingerprint density at radius 1 is 1.50 bits per heavy atom. The van der Waals surface area contributed by atoms with E-state index < -0.39 is 0 Å². The van der Waals surface area contributed by atoms with E-state index in [0.717, 1.165) is 5.69 Å². The average Bonchev–Trinajstić information content (AvgIpc) is 2.75. The Morgan fingerprint density at radius 3 is 2.89 bits per heavy atom. The second-order valence-electron chi connectivity index (χ2n) is 3.70. The summed E-state index contributed by atoms with van der Waals surface area (Å²) in [5.41, 5.74) is 7.42. The summed E-state index contributed by atoms with van der Waals surface area (Å²) in [5.74, 6) is 0.297. The van der Waals surface area contributed by atoms with Gasteiger partial charge in [0.05, 0.1) is 18.4 Å². The van der Waals surface area contributed by atoms with Gasteiger partial charge in [0.2, 0.25) is 0 Å². The van der Waals surface area contributed by atoms with Gasteiger partial charge in [0, 0.05) is 11.1 Å². The molecule has 18 heavy (non-hydrogen) atoms. The van der Waals surface area contributed by atoms with Crippen LogP contribution in [0.4, 0.5) is 10.8 Å². The number of thiazole rings is 1. The first-order valence-corrected chi connectivity index (χ1v) is 6.15. The molecule has 0 saturated carbocycles. The number of benzene rings is 1. The molecule has 94 valence electrons. The zero-order chi connectivity index (χ0) is 13.1. The third-order valence-corrected chi connectivity index (χ3v) is 3.22. The summed E-state index contributed by atoms with van der Waals surface area (Å²) in [6.07, 6.45) is 0. The topological polar surface area (TPSA) is 77.2 Å². The van der Waals surface area contributed by atoms with Gasteiger partial charge in [-0.05, 0) is 25.1 Å². The third kappa shape index (κ3) is 2.60. The molecule has 1 aromatic heterocycles. The van der Waals surface area contributed by atoms with Crippen LogP contribution in [0.3, 0.4) is 0 Å². The van der Waals surface area contributed by atoms with E-state index in [0.29, 0.717) is 22.1 Å². The van der Waals surface area contributed by atoms with Gasteiger partial charge in [0.1, 0.15) is 5.75 Å². The summed E-state index contributed by atoms with van der Waals surface area (Å²) in [6.45, 7) is 1.87. The van der Waals surface area contributed by atoms with Crippen LogP contribution < -0.4 is 15.8 Å². The normalized spacial score (nSPS) is 10.1. The molecule has 0 saturated heterocycles. The van der Waals surface area contributed by atoms with E-state index in [9.17, 15) is 4.79 Å². The highest BCUT2D eigenvalue weighted by atomic mass is 32.1. The van der Waals surface area contributed by atoms with E-state index in [1.54, 1.807) is 18.2 Å². The van der Waals surface area contributed by atoms with Gasteiger partial charge >= 0.3 is 0 Å². The van der Waals surface area contributed by atoms with Crippen molar-refractivity contribution in [1.29, 1.82) is 0 Å². The van der Waals surface area contributed by atoms with Crippen LogP contribution in [-0.4, -0.2) is 18.0 Å². The zero-order valence-electron chi connectivity index (χ0n) is 10.1. The van der Waals surface area contributed by atoms with Gasteiger partial charge in [-0.3, -0.25) is 10.1 Å². The molecule has 2 aromatic rings. The number of nitrogens with one attached hydrogen (secondary N) is 1. The number of aryl methyl sites for hydroxylation is 1. The fraction of sp³-hybridized carbons (Fsp3) is 0.167. The van der Waals surface area contributed by atoms with Crippen molar-refractivity contribution >= 4 is 28.1 Å². The number of hydrogen-bond donors (Lipinski definition) is 2. The zero-order valence-corrected chi connectivity index (χ0v) is 10.9. The van der Waals surface area contributed by atoms with Crippen molar-refractivity contribution in [3.8, 4) is 5.75 Å². The number of anilines is 2. The summed E-state index contributed by atoms with van der Waals surface area (Å²) in [6, 6.07) is 4.95. The van der Waals surface area contributed by atoms with Crippen LogP contribution >= 0.6 is 11.3 Å². The van der Waals surface area contributed by atoms with Gasteiger partial charge in [0.15, 0.2) is 5.13 Å². The molecular weight excluding hydrogens is 250 g/mol. The van der Waals surface area contributed by atoms with Gasteiger partial charge in [-0.2, -0.15) is 0 Å². The number of ether oxygens (including phenoxy) is 1. The molecule has 0 bridgehead atoms.